The molecular weight excluding hydrogens is 308 g/mol. The fourth-order valence-corrected chi connectivity index (χ4v) is 3.39. The lowest BCUT2D eigenvalue weighted by atomic mass is 9.97. The van der Waals surface area contributed by atoms with Crippen LogP contribution in [0.4, 0.5) is 0 Å². The number of ether oxygens (including phenoxy) is 1. The zero-order valence-corrected chi connectivity index (χ0v) is 13.9. The summed E-state index contributed by atoms with van der Waals surface area (Å²) in [6, 6.07) is 13.8. The van der Waals surface area contributed by atoms with Gasteiger partial charge in [-0.1, -0.05) is 36.0 Å². The van der Waals surface area contributed by atoms with Crippen molar-refractivity contribution in [2.75, 3.05) is 13.2 Å². The number of aromatic nitrogens is 1. The van der Waals surface area contributed by atoms with Crippen molar-refractivity contribution in [3.05, 3.63) is 54.2 Å². The maximum Gasteiger partial charge on any atom is 0.233 e. The van der Waals surface area contributed by atoms with Crippen LogP contribution >= 0.6 is 11.8 Å². The number of fused-ring (bicyclic) bond motifs is 1. The number of thioether (sulfide) groups is 1. The highest BCUT2D eigenvalue weighted by atomic mass is 32.2. The van der Waals surface area contributed by atoms with Crippen molar-refractivity contribution in [2.24, 2.45) is 5.92 Å². The lowest BCUT2D eigenvalue weighted by Gasteiger charge is -2.25. The largest absolute Gasteiger partial charge is 0.493 e. The quantitative estimate of drug-likeness (QED) is 0.858. The van der Waals surface area contributed by atoms with E-state index in [9.17, 15) is 4.79 Å². The van der Waals surface area contributed by atoms with Gasteiger partial charge in [-0.15, -0.1) is 0 Å². The molecule has 1 aliphatic heterocycles. The van der Waals surface area contributed by atoms with Gasteiger partial charge in [-0.3, -0.25) is 4.79 Å². The molecule has 1 aliphatic rings. The minimum atomic E-state index is -0.165. The zero-order valence-electron chi connectivity index (χ0n) is 13.1. The molecule has 2 atom stereocenters. The number of carbonyl (C=O) groups is 1. The molecule has 5 heteroatoms. The molecule has 0 saturated carbocycles. The van der Waals surface area contributed by atoms with Gasteiger partial charge in [-0.05, 0) is 37.1 Å². The third-order valence-corrected chi connectivity index (χ3v) is 4.88. The third kappa shape index (κ3) is 4.26. The van der Waals surface area contributed by atoms with Crippen LogP contribution in [0.3, 0.4) is 0 Å². The van der Waals surface area contributed by atoms with Gasteiger partial charge in [0.2, 0.25) is 5.91 Å². The molecule has 4 nitrogen and oxygen atoms in total. The molecule has 0 fully saturated rings. The topological polar surface area (TPSA) is 51.2 Å². The van der Waals surface area contributed by atoms with E-state index in [2.05, 4.69) is 16.4 Å². The van der Waals surface area contributed by atoms with Gasteiger partial charge in [0.25, 0.3) is 0 Å². The Balaban J connectivity index is 1.48. The van der Waals surface area contributed by atoms with Crippen LogP contribution in [-0.4, -0.2) is 29.3 Å². The maximum atomic E-state index is 12.2. The molecule has 3 rings (SSSR count). The highest BCUT2D eigenvalue weighted by Gasteiger charge is 2.21. The predicted octanol–water partition coefficient (Wildman–Crippen LogP) is 2.93. The highest BCUT2D eigenvalue weighted by molar-refractivity contribution is 8.00. The number of rotatable bonds is 5. The molecule has 2 aromatic rings. The molecule has 0 radical (unpaired) electrons. The van der Waals surface area contributed by atoms with Gasteiger partial charge in [-0.25, -0.2) is 4.98 Å². The molecule has 0 aliphatic carbocycles. The van der Waals surface area contributed by atoms with Gasteiger partial charge < -0.3 is 10.1 Å². The lowest BCUT2D eigenvalue weighted by molar-refractivity contribution is -0.120. The first-order valence-corrected chi connectivity index (χ1v) is 8.66. The molecule has 0 spiro atoms. The van der Waals surface area contributed by atoms with Crippen LogP contribution in [0.25, 0.3) is 0 Å². The first-order valence-electron chi connectivity index (χ1n) is 7.78. The summed E-state index contributed by atoms with van der Waals surface area (Å²) in [5, 5.41) is 3.74. The van der Waals surface area contributed by atoms with Gasteiger partial charge >= 0.3 is 0 Å². The molecule has 0 bridgehead atoms. The Kier molecular flexibility index (Phi) is 5.18. The minimum absolute atomic E-state index is 0.0412. The minimum Gasteiger partial charge on any atom is -0.493 e. The van der Waals surface area contributed by atoms with Crippen molar-refractivity contribution in [1.29, 1.82) is 0 Å². The van der Waals surface area contributed by atoms with Crippen LogP contribution < -0.4 is 10.1 Å². The fourth-order valence-electron chi connectivity index (χ4n) is 2.56. The zero-order chi connectivity index (χ0) is 16.1. The van der Waals surface area contributed by atoms with Crippen LogP contribution in [0.5, 0.6) is 5.75 Å². The van der Waals surface area contributed by atoms with E-state index in [0.29, 0.717) is 19.1 Å². The van der Waals surface area contributed by atoms with E-state index in [1.165, 1.54) is 17.3 Å². The van der Waals surface area contributed by atoms with Crippen LogP contribution in [-0.2, 0) is 11.2 Å². The molecule has 1 aromatic heterocycles. The molecule has 2 heterocycles. The lowest BCUT2D eigenvalue weighted by Crippen LogP contribution is -2.38. The summed E-state index contributed by atoms with van der Waals surface area (Å²) in [4.78, 5) is 16.5. The Hall–Kier alpha value is -2.01. The van der Waals surface area contributed by atoms with Crippen molar-refractivity contribution in [3.63, 3.8) is 0 Å². The van der Waals surface area contributed by atoms with Crippen molar-refractivity contribution in [2.45, 2.75) is 23.6 Å². The second-order valence-electron chi connectivity index (χ2n) is 5.66. The number of hydrogen-bond acceptors (Lipinski definition) is 4. The Bertz CT molecular complexity index is 663. The molecule has 1 N–H and O–H groups in total. The molecular formula is C18H20N2O2S. The first kappa shape index (κ1) is 15.9. The number of nitrogens with zero attached hydrogens (tertiary/aromatic N) is 1. The van der Waals surface area contributed by atoms with E-state index in [0.717, 1.165) is 17.2 Å². The van der Waals surface area contributed by atoms with Gasteiger partial charge in [-0.2, -0.15) is 0 Å². The van der Waals surface area contributed by atoms with Crippen LogP contribution in [0, 0.1) is 5.92 Å². The van der Waals surface area contributed by atoms with Crippen LogP contribution in [0.15, 0.2) is 53.7 Å². The van der Waals surface area contributed by atoms with Crippen molar-refractivity contribution in [3.8, 4) is 5.75 Å². The maximum absolute atomic E-state index is 12.2. The van der Waals surface area contributed by atoms with E-state index in [1.54, 1.807) is 6.20 Å². The van der Waals surface area contributed by atoms with E-state index in [-0.39, 0.29) is 11.2 Å². The van der Waals surface area contributed by atoms with Crippen LogP contribution in [0.1, 0.15) is 12.5 Å². The fraction of sp³-hybridized carbons (Fsp3) is 0.333. The number of carbonyl (C=O) groups excluding carboxylic acids is 1. The van der Waals surface area contributed by atoms with E-state index in [4.69, 9.17) is 4.74 Å². The van der Waals surface area contributed by atoms with Crippen LogP contribution in [0.2, 0.25) is 0 Å². The van der Waals surface area contributed by atoms with Crippen molar-refractivity contribution < 1.29 is 9.53 Å². The summed E-state index contributed by atoms with van der Waals surface area (Å²) in [5.74, 6) is 1.33. The number of pyridine rings is 1. The average molecular weight is 328 g/mol. The summed E-state index contributed by atoms with van der Waals surface area (Å²) in [6.07, 6.45) is 2.68. The summed E-state index contributed by atoms with van der Waals surface area (Å²) >= 11 is 1.47. The van der Waals surface area contributed by atoms with Crippen molar-refractivity contribution in [1.82, 2.24) is 10.3 Å². The van der Waals surface area contributed by atoms with E-state index >= 15 is 0 Å². The smallest absolute Gasteiger partial charge is 0.233 e. The number of hydrogen-bond donors (Lipinski definition) is 1. The first-order chi connectivity index (χ1) is 11.2. The molecule has 0 unspecified atom stereocenters. The monoisotopic (exact) mass is 328 g/mol. The van der Waals surface area contributed by atoms with Gasteiger partial charge in [0.05, 0.1) is 16.9 Å². The molecule has 120 valence electrons. The Morgan fingerprint density at radius 3 is 3.00 bits per heavy atom. The van der Waals surface area contributed by atoms with Gasteiger partial charge in [0, 0.05) is 18.7 Å². The summed E-state index contributed by atoms with van der Waals surface area (Å²) in [6.45, 7) is 3.20. The molecule has 1 aromatic carbocycles. The number of amides is 1. The SMILES string of the molecule is C[C@@H](Sc1ccccn1)C(=O)NC[C@H]1COc2ccccc2C1. The van der Waals surface area contributed by atoms with E-state index < -0.39 is 0 Å². The number of benzene rings is 1. The molecule has 23 heavy (non-hydrogen) atoms. The van der Waals surface area contributed by atoms with E-state index in [1.807, 2.05) is 43.3 Å². The average Bonchev–Trinajstić information content (AvgIpc) is 2.60. The molecule has 0 saturated heterocycles. The summed E-state index contributed by atoms with van der Waals surface area (Å²) in [7, 11) is 0. The number of nitrogens with one attached hydrogen (secondary N) is 1. The Morgan fingerprint density at radius 1 is 1.35 bits per heavy atom. The second kappa shape index (κ2) is 7.51. The highest BCUT2D eigenvalue weighted by Crippen LogP contribution is 2.26. The van der Waals surface area contributed by atoms with Crippen molar-refractivity contribution >= 4 is 17.7 Å². The standard InChI is InChI=1S/C18H20N2O2S/c1-13(23-17-8-4-5-9-19-17)18(21)20-11-14-10-15-6-2-3-7-16(15)22-12-14/h2-9,13-14H,10-12H2,1H3,(H,20,21)/t13-,14+/m1/s1. The predicted molar refractivity (Wildman–Crippen MR) is 91.7 cm³/mol. The number of para-hydroxylation sites is 1. The summed E-state index contributed by atoms with van der Waals surface area (Å²) in [5.41, 5.74) is 1.22. The summed E-state index contributed by atoms with van der Waals surface area (Å²) < 4.78 is 5.76. The van der Waals surface area contributed by atoms with Gasteiger partial charge in [0.15, 0.2) is 0 Å². The Labute approximate surface area is 140 Å². The van der Waals surface area contributed by atoms with Gasteiger partial charge in [0.1, 0.15) is 5.75 Å². The third-order valence-electron chi connectivity index (χ3n) is 3.83. The second-order valence-corrected chi connectivity index (χ2v) is 7.02. The normalized spacial score (nSPS) is 17.7. The Morgan fingerprint density at radius 2 is 2.17 bits per heavy atom. The molecule has 1 amide bonds.